The normalized spacial score (nSPS) is 12.4. The summed E-state index contributed by atoms with van der Waals surface area (Å²) >= 11 is 0. The Morgan fingerprint density at radius 3 is 1.60 bits per heavy atom. The Morgan fingerprint density at radius 1 is 1.30 bits per heavy atom. The molecule has 0 bridgehead atoms. The Hall–Kier alpha value is 0.257. The molecule has 0 amide bonds. The van der Waals surface area contributed by atoms with Crippen molar-refractivity contribution in [2.75, 3.05) is 0 Å². The molecule has 0 aromatic heterocycles. The molecule has 3 N–H and O–H groups in total. The first-order valence-electron chi connectivity index (χ1n) is 1.59. The molecule has 0 aromatic carbocycles. The zero-order chi connectivity index (χ0) is 7.71. The Morgan fingerprint density at radius 2 is 1.60 bits per heavy atom. The zero-order valence-electron chi connectivity index (χ0n) is 3.94. The predicted octanol–water partition coefficient (Wildman–Crippen LogP) is -1.35. The van der Waals surface area contributed by atoms with Crippen molar-refractivity contribution in [1.29, 1.82) is 0 Å². The second-order valence-corrected chi connectivity index (χ2v) is 2.44. The van der Waals surface area contributed by atoms with Crippen LogP contribution in [0, 0.1) is 0 Å². The average molecular weight is 172 g/mol. The summed E-state index contributed by atoms with van der Waals surface area (Å²) < 4.78 is 52.3. The Kier molecular flexibility index (Phi) is 4.63. The quantitative estimate of drug-likeness (QED) is 0.379. The van der Waals surface area contributed by atoms with E-state index in [9.17, 15) is 21.6 Å². The fourth-order valence-electron chi connectivity index (χ4n) is 0.161. The van der Waals surface area contributed by atoms with Crippen molar-refractivity contribution in [3.63, 3.8) is 0 Å². The van der Waals surface area contributed by atoms with Crippen molar-refractivity contribution in [3.05, 3.63) is 0 Å². The van der Waals surface area contributed by atoms with Gasteiger partial charge in [-0.2, -0.15) is 21.6 Å². The molecule has 0 fully saturated rings. The topological polar surface area (TPSA) is 72.2 Å². The molecule has 4 nitrogen and oxygen atoms in total. The Labute approximate surface area is 67.3 Å². The van der Waals surface area contributed by atoms with Crippen LogP contribution in [0.25, 0.3) is 0 Å². The van der Waals surface area contributed by atoms with E-state index >= 15 is 0 Å². The molecule has 0 aliphatic carbocycles. The third kappa shape index (κ3) is 11.1. The summed E-state index contributed by atoms with van der Waals surface area (Å²) in [7, 11) is -4.66. The van der Waals surface area contributed by atoms with Gasteiger partial charge in [0.2, 0.25) is 0 Å². The summed E-state index contributed by atoms with van der Waals surface area (Å²) in [5.41, 5.74) is 0. The molecular formula is CH4F3LiN2O2S. The van der Waals surface area contributed by atoms with Crippen molar-refractivity contribution in [1.82, 2.24) is 4.72 Å². The van der Waals surface area contributed by atoms with Gasteiger partial charge in [0, 0.05) is 0 Å². The predicted molar refractivity (Wildman–Crippen MR) is 29.4 cm³/mol. The van der Waals surface area contributed by atoms with Gasteiger partial charge in [0.05, 0.1) is 0 Å². The number of nitrogens with one attached hydrogen (secondary N) is 1. The van der Waals surface area contributed by atoms with Crippen LogP contribution < -0.4 is 9.86 Å². The van der Waals surface area contributed by atoms with E-state index in [2.05, 4.69) is 5.14 Å². The standard InChI is InChI=1S/CH3F3N2O2S.Li.H/c2-1(3,4)6-9(5,7)8;;/h6H,(H2,5,7,8);;. The summed E-state index contributed by atoms with van der Waals surface area (Å²) in [6.45, 7) is 0. The molecule has 9 heteroatoms. The van der Waals surface area contributed by atoms with Gasteiger partial charge in [-0.1, -0.05) is 0 Å². The van der Waals surface area contributed by atoms with E-state index in [1.807, 2.05) is 0 Å². The molecule has 58 valence electrons. The minimum atomic E-state index is -4.98. The van der Waals surface area contributed by atoms with Crippen molar-refractivity contribution >= 4 is 29.1 Å². The fourth-order valence-corrected chi connectivity index (χ4v) is 0.484. The molecule has 0 saturated carbocycles. The summed E-state index contributed by atoms with van der Waals surface area (Å²) in [6, 6.07) is 0. The van der Waals surface area contributed by atoms with Gasteiger partial charge in [-0.05, 0) is 0 Å². The molecule has 0 aliphatic heterocycles. The van der Waals surface area contributed by atoms with Crippen molar-refractivity contribution in [2.24, 2.45) is 5.14 Å². The van der Waals surface area contributed by atoms with Crippen LogP contribution in [0.2, 0.25) is 0 Å². The summed E-state index contributed by atoms with van der Waals surface area (Å²) in [5.74, 6) is 0. The molecule has 10 heavy (non-hydrogen) atoms. The van der Waals surface area contributed by atoms with Crippen LogP contribution in [-0.2, 0) is 10.2 Å². The number of nitrogens with two attached hydrogens (primary N) is 1. The second-order valence-electron chi connectivity index (χ2n) is 1.14. The van der Waals surface area contributed by atoms with Gasteiger partial charge in [0.25, 0.3) is 10.2 Å². The van der Waals surface area contributed by atoms with Crippen molar-refractivity contribution in [3.8, 4) is 0 Å². The van der Waals surface area contributed by atoms with Gasteiger partial charge < -0.3 is 0 Å². The van der Waals surface area contributed by atoms with E-state index in [-0.39, 0.29) is 23.6 Å². The van der Waals surface area contributed by atoms with Crippen LogP contribution >= 0.6 is 0 Å². The molecule has 0 heterocycles. The molecule has 0 unspecified atom stereocenters. The number of halogens is 3. The van der Waals surface area contributed by atoms with E-state index in [0.29, 0.717) is 0 Å². The number of hydrogen-bond donors (Lipinski definition) is 2. The molecule has 0 atom stereocenters. The van der Waals surface area contributed by atoms with Crippen molar-refractivity contribution in [2.45, 2.75) is 6.30 Å². The van der Waals surface area contributed by atoms with E-state index < -0.39 is 16.5 Å². The first-order chi connectivity index (χ1) is 3.71. The third-order valence-corrected chi connectivity index (χ3v) is 0.774. The summed E-state index contributed by atoms with van der Waals surface area (Å²) in [6.07, 6.45) is -4.98. The maximum absolute atomic E-state index is 11.0. The molecule has 0 radical (unpaired) electrons. The first kappa shape index (κ1) is 12.9. The molecule has 0 saturated heterocycles. The van der Waals surface area contributed by atoms with E-state index in [4.69, 9.17) is 0 Å². The maximum atomic E-state index is 11.0. The van der Waals surface area contributed by atoms with Gasteiger partial charge in [-0.15, -0.1) is 4.72 Å². The molecule has 0 aromatic rings. The number of hydrogen-bond acceptors (Lipinski definition) is 2. The number of alkyl halides is 3. The summed E-state index contributed by atoms with van der Waals surface area (Å²) in [4.78, 5) is 0. The van der Waals surface area contributed by atoms with Crippen LogP contribution in [0.15, 0.2) is 0 Å². The van der Waals surface area contributed by atoms with E-state index in [1.165, 1.54) is 0 Å². The average Bonchev–Trinajstić information content (AvgIpc) is 1.14. The van der Waals surface area contributed by atoms with Gasteiger partial charge in [-0.3, -0.25) is 0 Å². The second kappa shape index (κ2) is 3.59. The van der Waals surface area contributed by atoms with E-state index in [0.717, 1.165) is 0 Å². The van der Waals surface area contributed by atoms with Crippen LogP contribution in [0.5, 0.6) is 0 Å². The van der Waals surface area contributed by atoms with Crippen LogP contribution in [-0.4, -0.2) is 33.6 Å². The first-order valence-corrected chi connectivity index (χ1v) is 3.14. The van der Waals surface area contributed by atoms with Gasteiger partial charge in [0.15, 0.2) is 0 Å². The van der Waals surface area contributed by atoms with Crippen molar-refractivity contribution < 1.29 is 21.6 Å². The molecular weight excluding hydrogens is 168 g/mol. The Bertz CT molecular complexity index is 185. The van der Waals surface area contributed by atoms with E-state index in [1.54, 1.807) is 0 Å². The Balaban J connectivity index is 0. The van der Waals surface area contributed by atoms with Gasteiger partial charge >= 0.3 is 25.2 Å². The van der Waals surface area contributed by atoms with Crippen LogP contribution in [0.4, 0.5) is 13.2 Å². The molecule has 0 spiro atoms. The van der Waals surface area contributed by atoms with Gasteiger partial charge in [-0.25, -0.2) is 5.14 Å². The fraction of sp³-hybridized carbons (Fsp3) is 1.00. The van der Waals surface area contributed by atoms with Gasteiger partial charge in [0.1, 0.15) is 0 Å². The minimum absolute atomic E-state index is 0. The SMILES string of the molecule is NS(=O)(=O)NC(F)(F)F.[LiH]. The molecule has 0 aliphatic rings. The molecule has 0 rings (SSSR count). The number of rotatable bonds is 1. The summed E-state index contributed by atoms with van der Waals surface area (Å²) in [5, 5.41) is 3.96. The van der Waals surface area contributed by atoms with Crippen LogP contribution in [0.3, 0.4) is 0 Å². The third-order valence-electron chi connectivity index (χ3n) is 0.258. The monoisotopic (exact) mass is 172 g/mol. The van der Waals surface area contributed by atoms with Crippen LogP contribution in [0.1, 0.15) is 0 Å². The zero-order valence-corrected chi connectivity index (χ0v) is 4.75.